The summed E-state index contributed by atoms with van der Waals surface area (Å²) >= 11 is 5.20. The number of aromatic hydroxyl groups is 1. The van der Waals surface area contributed by atoms with E-state index in [2.05, 4.69) is 4.98 Å². The summed E-state index contributed by atoms with van der Waals surface area (Å²) in [5.41, 5.74) is -3.25. The van der Waals surface area contributed by atoms with E-state index in [1.807, 2.05) is 0 Å². The van der Waals surface area contributed by atoms with Gasteiger partial charge in [0.25, 0.3) is 6.43 Å². The molecule has 0 aromatic carbocycles. The maximum Gasteiger partial charge on any atom is 0.420 e. The van der Waals surface area contributed by atoms with Gasteiger partial charge in [0.1, 0.15) is 11.3 Å². The molecule has 0 aliphatic heterocycles. The maximum absolute atomic E-state index is 12.3. The number of halogens is 6. The fraction of sp³-hybridized carbons (Fsp3) is 0.375. The van der Waals surface area contributed by atoms with Gasteiger partial charge >= 0.3 is 6.18 Å². The second-order valence-corrected chi connectivity index (χ2v) is 3.09. The lowest BCUT2D eigenvalue weighted by atomic mass is 10.1. The average molecular weight is 262 g/mol. The Labute approximate surface area is 91.7 Å². The van der Waals surface area contributed by atoms with Crippen LogP contribution in [-0.2, 0) is 12.1 Å². The van der Waals surface area contributed by atoms with E-state index in [9.17, 15) is 22.0 Å². The van der Waals surface area contributed by atoms with Crippen LogP contribution in [0, 0.1) is 0 Å². The predicted molar refractivity (Wildman–Crippen MR) is 45.4 cm³/mol. The topological polar surface area (TPSA) is 33.1 Å². The molecule has 90 valence electrons. The number of hydrogen-bond donors (Lipinski definition) is 1. The lowest BCUT2D eigenvalue weighted by Gasteiger charge is -2.12. The SMILES string of the molecule is Oc1c(C(F)(F)F)cc(C(F)F)nc1CCl. The summed E-state index contributed by atoms with van der Waals surface area (Å²) in [6, 6.07) is 0.107. The summed E-state index contributed by atoms with van der Waals surface area (Å²) in [6.45, 7) is 0. The Morgan fingerprint density at radius 3 is 2.31 bits per heavy atom. The van der Waals surface area contributed by atoms with E-state index in [0.29, 0.717) is 0 Å². The molecule has 1 N–H and O–H groups in total. The quantitative estimate of drug-likeness (QED) is 0.653. The van der Waals surface area contributed by atoms with Crippen LogP contribution in [0.2, 0.25) is 0 Å². The molecular formula is C8H5ClF5NO. The Balaban J connectivity index is 3.42. The van der Waals surface area contributed by atoms with Crippen molar-refractivity contribution in [2.24, 2.45) is 0 Å². The van der Waals surface area contributed by atoms with E-state index in [4.69, 9.17) is 16.7 Å². The summed E-state index contributed by atoms with van der Waals surface area (Å²) in [7, 11) is 0. The number of rotatable bonds is 2. The van der Waals surface area contributed by atoms with Gasteiger partial charge in [0, 0.05) is 0 Å². The molecule has 0 saturated heterocycles. The summed E-state index contributed by atoms with van der Waals surface area (Å²) in [5, 5.41) is 9.12. The van der Waals surface area contributed by atoms with Crippen molar-refractivity contribution in [2.45, 2.75) is 18.5 Å². The van der Waals surface area contributed by atoms with E-state index in [-0.39, 0.29) is 6.07 Å². The Kier molecular flexibility index (Phi) is 3.57. The molecule has 0 aliphatic rings. The molecule has 1 aromatic heterocycles. The van der Waals surface area contributed by atoms with Crippen LogP contribution in [0.15, 0.2) is 6.07 Å². The van der Waals surface area contributed by atoms with Gasteiger partial charge in [0.15, 0.2) is 5.75 Å². The van der Waals surface area contributed by atoms with Gasteiger partial charge in [-0.2, -0.15) is 13.2 Å². The van der Waals surface area contributed by atoms with Crippen LogP contribution in [0.25, 0.3) is 0 Å². The lowest BCUT2D eigenvalue weighted by Crippen LogP contribution is -2.09. The van der Waals surface area contributed by atoms with Crippen molar-refractivity contribution >= 4 is 11.6 Å². The first kappa shape index (κ1) is 13.0. The summed E-state index contributed by atoms with van der Waals surface area (Å²) in [4.78, 5) is 3.13. The third kappa shape index (κ3) is 2.52. The third-order valence-corrected chi connectivity index (χ3v) is 1.99. The summed E-state index contributed by atoms with van der Waals surface area (Å²) < 4.78 is 61.5. The van der Waals surface area contributed by atoms with Crippen LogP contribution in [0.5, 0.6) is 5.75 Å². The summed E-state index contributed by atoms with van der Waals surface area (Å²) in [5.74, 6) is -1.80. The molecule has 2 nitrogen and oxygen atoms in total. The second kappa shape index (κ2) is 4.40. The summed E-state index contributed by atoms with van der Waals surface area (Å²) in [6.07, 6.45) is -8.10. The molecule has 1 aromatic rings. The fourth-order valence-electron chi connectivity index (χ4n) is 1.03. The molecule has 0 atom stereocenters. The highest BCUT2D eigenvalue weighted by Crippen LogP contribution is 2.39. The monoisotopic (exact) mass is 261 g/mol. The lowest BCUT2D eigenvalue weighted by molar-refractivity contribution is -0.139. The van der Waals surface area contributed by atoms with E-state index in [0.717, 1.165) is 0 Å². The van der Waals surface area contributed by atoms with E-state index in [1.165, 1.54) is 0 Å². The van der Waals surface area contributed by atoms with Crippen molar-refractivity contribution < 1.29 is 27.1 Å². The molecule has 0 bridgehead atoms. The molecule has 16 heavy (non-hydrogen) atoms. The zero-order valence-electron chi connectivity index (χ0n) is 7.52. The smallest absolute Gasteiger partial charge is 0.420 e. The molecule has 0 radical (unpaired) electrons. The van der Waals surface area contributed by atoms with Crippen molar-refractivity contribution in [1.29, 1.82) is 0 Å². The predicted octanol–water partition coefficient (Wildman–Crippen LogP) is 3.48. The van der Waals surface area contributed by atoms with Gasteiger partial charge in [0.2, 0.25) is 0 Å². The number of alkyl halides is 6. The average Bonchev–Trinajstić information content (AvgIpc) is 2.15. The number of hydrogen-bond acceptors (Lipinski definition) is 2. The van der Waals surface area contributed by atoms with E-state index in [1.54, 1.807) is 0 Å². The number of aromatic nitrogens is 1. The molecule has 0 spiro atoms. The molecular weight excluding hydrogens is 257 g/mol. The van der Waals surface area contributed by atoms with Gasteiger partial charge in [0.05, 0.1) is 11.6 Å². The third-order valence-electron chi connectivity index (χ3n) is 1.74. The molecule has 1 heterocycles. The first-order chi connectivity index (χ1) is 7.27. The van der Waals surface area contributed by atoms with Crippen LogP contribution in [0.3, 0.4) is 0 Å². The zero-order valence-corrected chi connectivity index (χ0v) is 8.28. The molecule has 0 fully saturated rings. The Morgan fingerprint density at radius 2 is 1.94 bits per heavy atom. The standard InChI is InChI=1S/C8H5ClF5NO/c9-2-5-6(16)3(8(12,13)14)1-4(15-5)7(10)11/h1,7,16H,2H2. The van der Waals surface area contributed by atoms with E-state index < -0.39 is 41.2 Å². The fourth-order valence-corrected chi connectivity index (χ4v) is 1.22. The highest BCUT2D eigenvalue weighted by atomic mass is 35.5. The molecule has 0 amide bonds. The first-order valence-electron chi connectivity index (χ1n) is 3.91. The van der Waals surface area contributed by atoms with Crippen molar-refractivity contribution in [1.82, 2.24) is 4.98 Å². The van der Waals surface area contributed by atoms with E-state index >= 15 is 0 Å². The van der Waals surface area contributed by atoms with Gasteiger partial charge in [-0.1, -0.05) is 0 Å². The Morgan fingerprint density at radius 1 is 1.38 bits per heavy atom. The molecule has 8 heteroatoms. The minimum atomic E-state index is -4.93. The minimum Gasteiger partial charge on any atom is -0.505 e. The maximum atomic E-state index is 12.3. The number of pyridine rings is 1. The van der Waals surface area contributed by atoms with Crippen molar-refractivity contribution in [3.63, 3.8) is 0 Å². The second-order valence-electron chi connectivity index (χ2n) is 2.82. The number of nitrogens with zero attached hydrogens (tertiary/aromatic N) is 1. The Bertz CT molecular complexity index is 393. The minimum absolute atomic E-state index is 0.107. The zero-order chi connectivity index (χ0) is 12.5. The van der Waals surface area contributed by atoms with Crippen molar-refractivity contribution in [2.75, 3.05) is 0 Å². The van der Waals surface area contributed by atoms with Gasteiger partial charge in [-0.25, -0.2) is 13.8 Å². The highest BCUT2D eigenvalue weighted by molar-refractivity contribution is 6.17. The van der Waals surface area contributed by atoms with Crippen LogP contribution in [0.4, 0.5) is 22.0 Å². The molecule has 0 saturated carbocycles. The highest BCUT2D eigenvalue weighted by Gasteiger charge is 2.36. The molecule has 0 aliphatic carbocycles. The normalized spacial score (nSPS) is 12.2. The largest absolute Gasteiger partial charge is 0.505 e. The van der Waals surface area contributed by atoms with Crippen LogP contribution >= 0.6 is 11.6 Å². The van der Waals surface area contributed by atoms with Crippen molar-refractivity contribution in [3.8, 4) is 5.75 Å². The van der Waals surface area contributed by atoms with Gasteiger partial charge in [-0.15, -0.1) is 11.6 Å². The first-order valence-corrected chi connectivity index (χ1v) is 4.45. The van der Waals surface area contributed by atoms with Gasteiger partial charge < -0.3 is 5.11 Å². The van der Waals surface area contributed by atoms with Crippen LogP contribution in [-0.4, -0.2) is 10.1 Å². The van der Waals surface area contributed by atoms with Gasteiger partial charge in [-0.05, 0) is 6.07 Å². The van der Waals surface area contributed by atoms with Crippen LogP contribution < -0.4 is 0 Å². The molecule has 0 unspecified atom stereocenters. The Hall–Kier alpha value is -1.11. The van der Waals surface area contributed by atoms with Gasteiger partial charge in [-0.3, -0.25) is 0 Å². The van der Waals surface area contributed by atoms with Crippen LogP contribution in [0.1, 0.15) is 23.4 Å². The van der Waals surface area contributed by atoms with Crippen molar-refractivity contribution in [3.05, 3.63) is 23.0 Å². The molecule has 1 rings (SSSR count).